The van der Waals surface area contributed by atoms with Crippen LogP contribution in [-0.2, 0) is 11.3 Å². The molecule has 5 nitrogen and oxygen atoms in total. The molecule has 1 aromatic heterocycles. The van der Waals surface area contributed by atoms with Gasteiger partial charge in [0.15, 0.2) is 0 Å². The highest BCUT2D eigenvalue weighted by molar-refractivity contribution is 5.81. The van der Waals surface area contributed by atoms with E-state index in [2.05, 4.69) is 35.6 Å². The van der Waals surface area contributed by atoms with E-state index in [0.717, 1.165) is 23.2 Å². The van der Waals surface area contributed by atoms with Crippen molar-refractivity contribution < 1.29 is 4.79 Å². The molecule has 2 bridgehead atoms. The molecule has 0 saturated heterocycles. The zero-order valence-corrected chi connectivity index (χ0v) is 13.7. The summed E-state index contributed by atoms with van der Waals surface area (Å²) >= 11 is 0. The Morgan fingerprint density at radius 3 is 2.88 bits per heavy atom. The number of hydrogen-bond acceptors (Lipinski definition) is 3. The van der Waals surface area contributed by atoms with Crippen LogP contribution in [0.1, 0.15) is 17.5 Å². The second kappa shape index (κ2) is 5.91. The van der Waals surface area contributed by atoms with Gasteiger partial charge < -0.3 is 11.1 Å². The van der Waals surface area contributed by atoms with Crippen LogP contribution in [0.4, 0.5) is 0 Å². The van der Waals surface area contributed by atoms with Gasteiger partial charge >= 0.3 is 0 Å². The first-order chi connectivity index (χ1) is 11.6. The number of nitrogens with zero attached hydrogens (tertiary/aromatic N) is 2. The molecule has 3 N–H and O–H groups in total. The van der Waals surface area contributed by atoms with Gasteiger partial charge in [0, 0.05) is 24.3 Å². The third kappa shape index (κ3) is 2.55. The van der Waals surface area contributed by atoms with E-state index >= 15 is 0 Å². The lowest BCUT2D eigenvalue weighted by atomic mass is 9.89. The van der Waals surface area contributed by atoms with Crippen molar-refractivity contribution in [1.29, 1.82) is 0 Å². The minimum Gasteiger partial charge on any atom is -0.352 e. The SMILES string of the molecule is Cc1ccccc1-n1cc(CNC(=O)[C@@H]2[C@H](N)[C@@H]3C=C[C@H]2C3)cn1. The topological polar surface area (TPSA) is 72.9 Å². The van der Waals surface area contributed by atoms with Crippen LogP contribution in [0.15, 0.2) is 48.8 Å². The lowest BCUT2D eigenvalue weighted by molar-refractivity contribution is -0.126. The van der Waals surface area contributed by atoms with Gasteiger partial charge in [-0.05, 0) is 36.8 Å². The first-order valence-electron chi connectivity index (χ1n) is 8.44. The Morgan fingerprint density at radius 1 is 1.33 bits per heavy atom. The highest BCUT2D eigenvalue weighted by Gasteiger charge is 2.46. The Labute approximate surface area is 141 Å². The number of fused-ring (bicyclic) bond motifs is 2. The third-order valence-corrected chi connectivity index (χ3v) is 5.29. The molecule has 0 radical (unpaired) electrons. The number of aromatic nitrogens is 2. The predicted molar refractivity (Wildman–Crippen MR) is 92.4 cm³/mol. The number of rotatable bonds is 4. The van der Waals surface area contributed by atoms with Crippen LogP contribution in [0.5, 0.6) is 0 Å². The number of carbonyl (C=O) groups excluding carboxylic acids is 1. The number of carbonyl (C=O) groups is 1. The van der Waals surface area contributed by atoms with Crippen LogP contribution in [0, 0.1) is 24.7 Å². The molecule has 0 unspecified atom stereocenters. The van der Waals surface area contributed by atoms with Crippen molar-refractivity contribution in [2.24, 2.45) is 23.5 Å². The number of nitrogens with one attached hydrogen (secondary N) is 1. The van der Waals surface area contributed by atoms with Gasteiger partial charge in [-0.15, -0.1) is 0 Å². The number of allylic oxidation sites excluding steroid dienone is 1. The smallest absolute Gasteiger partial charge is 0.225 e. The van der Waals surface area contributed by atoms with Crippen molar-refractivity contribution in [1.82, 2.24) is 15.1 Å². The Bertz CT molecular complexity index is 794. The van der Waals surface area contributed by atoms with E-state index in [0.29, 0.717) is 18.4 Å². The average Bonchev–Trinajstić information content (AvgIpc) is 3.29. The van der Waals surface area contributed by atoms with Crippen LogP contribution in [0.2, 0.25) is 0 Å². The van der Waals surface area contributed by atoms with E-state index in [4.69, 9.17) is 5.73 Å². The largest absolute Gasteiger partial charge is 0.352 e. The van der Waals surface area contributed by atoms with E-state index in [1.807, 2.05) is 29.1 Å². The quantitative estimate of drug-likeness (QED) is 0.845. The fourth-order valence-corrected chi connectivity index (χ4v) is 3.94. The van der Waals surface area contributed by atoms with Gasteiger partial charge in [0.1, 0.15) is 0 Å². The standard InChI is InChI=1S/C19H22N4O/c1-12-4-2-3-5-16(12)23-11-13(10-22-23)9-21-19(24)17-14-6-7-15(8-14)18(17)20/h2-7,10-11,14-15,17-18H,8-9,20H2,1H3,(H,21,24)/t14-,15+,17-,18+/m0/s1. The fourth-order valence-electron chi connectivity index (χ4n) is 3.94. The number of para-hydroxylation sites is 1. The molecule has 1 amide bonds. The minimum absolute atomic E-state index is 0.0466. The first kappa shape index (κ1) is 15.1. The maximum absolute atomic E-state index is 12.5. The van der Waals surface area contributed by atoms with Gasteiger partial charge in [0.2, 0.25) is 5.91 Å². The Balaban J connectivity index is 1.41. The zero-order chi connectivity index (χ0) is 16.7. The second-order valence-corrected chi connectivity index (χ2v) is 6.85. The van der Waals surface area contributed by atoms with Crippen molar-refractivity contribution in [2.45, 2.75) is 25.9 Å². The number of amides is 1. The summed E-state index contributed by atoms with van der Waals surface area (Å²) in [5.74, 6) is 0.642. The summed E-state index contributed by atoms with van der Waals surface area (Å²) in [6.07, 6.45) is 9.08. The summed E-state index contributed by atoms with van der Waals surface area (Å²) in [6, 6.07) is 8.05. The average molecular weight is 322 g/mol. The summed E-state index contributed by atoms with van der Waals surface area (Å²) < 4.78 is 1.85. The van der Waals surface area contributed by atoms with E-state index in [1.54, 1.807) is 6.20 Å². The van der Waals surface area contributed by atoms with Crippen molar-refractivity contribution in [3.05, 3.63) is 59.9 Å². The van der Waals surface area contributed by atoms with Crippen molar-refractivity contribution in [3.8, 4) is 5.69 Å². The Morgan fingerprint density at radius 2 is 2.12 bits per heavy atom. The van der Waals surface area contributed by atoms with Crippen LogP contribution in [-0.4, -0.2) is 21.7 Å². The lowest BCUT2D eigenvalue weighted by Gasteiger charge is -2.23. The molecule has 4 atom stereocenters. The highest BCUT2D eigenvalue weighted by atomic mass is 16.1. The summed E-state index contributed by atoms with van der Waals surface area (Å²) in [7, 11) is 0. The maximum Gasteiger partial charge on any atom is 0.225 e. The summed E-state index contributed by atoms with van der Waals surface area (Å²) in [6.45, 7) is 2.54. The molecule has 2 aromatic rings. The van der Waals surface area contributed by atoms with E-state index in [9.17, 15) is 4.79 Å². The summed E-state index contributed by atoms with van der Waals surface area (Å²) in [4.78, 5) is 12.5. The van der Waals surface area contributed by atoms with Crippen LogP contribution in [0.3, 0.4) is 0 Å². The van der Waals surface area contributed by atoms with Crippen molar-refractivity contribution >= 4 is 5.91 Å². The molecule has 124 valence electrons. The lowest BCUT2D eigenvalue weighted by Crippen LogP contribution is -2.43. The number of benzene rings is 1. The van der Waals surface area contributed by atoms with Gasteiger partial charge in [-0.25, -0.2) is 4.68 Å². The molecule has 0 spiro atoms. The predicted octanol–water partition coefficient (Wildman–Crippen LogP) is 1.95. The van der Waals surface area contributed by atoms with E-state index in [1.165, 1.54) is 0 Å². The molecule has 5 heteroatoms. The molecule has 4 rings (SSSR count). The van der Waals surface area contributed by atoms with Crippen LogP contribution in [0.25, 0.3) is 5.69 Å². The maximum atomic E-state index is 12.5. The fraction of sp³-hybridized carbons (Fsp3) is 0.368. The normalized spacial score (nSPS) is 27.6. The summed E-state index contributed by atoms with van der Waals surface area (Å²) in [5.41, 5.74) is 9.40. The van der Waals surface area contributed by atoms with Gasteiger partial charge in [-0.3, -0.25) is 4.79 Å². The first-order valence-corrected chi connectivity index (χ1v) is 8.44. The molecular weight excluding hydrogens is 300 g/mol. The minimum atomic E-state index is -0.0913. The molecule has 1 aromatic carbocycles. The summed E-state index contributed by atoms with van der Waals surface area (Å²) in [5, 5.41) is 7.43. The van der Waals surface area contributed by atoms with Crippen molar-refractivity contribution in [3.63, 3.8) is 0 Å². The van der Waals surface area contributed by atoms with Crippen molar-refractivity contribution in [2.75, 3.05) is 0 Å². The Hall–Kier alpha value is -2.40. The highest BCUT2D eigenvalue weighted by Crippen LogP contribution is 2.42. The van der Waals surface area contributed by atoms with Crippen LogP contribution < -0.4 is 11.1 Å². The van der Waals surface area contributed by atoms with Crippen LogP contribution >= 0.6 is 0 Å². The molecule has 1 fully saturated rings. The monoisotopic (exact) mass is 322 g/mol. The molecule has 2 aliphatic rings. The third-order valence-electron chi connectivity index (χ3n) is 5.29. The number of hydrogen-bond donors (Lipinski definition) is 2. The zero-order valence-electron chi connectivity index (χ0n) is 13.7. The molecular formula is C19H22N4O. The molecule has 24 heavy (non-hydrogen) atoms. The van der Waals surface area contributed by atoms with Gasteiger partial charge in [0.05, 0.1) is 17.8 Å². The van der Waals surface area contributed by atoms with E-state index in [-0.39, 0.29) is 17.9 Å². The number of nitrogens with two attached hydrogens (primary N) is 1. The molecule has 0 aliphatic heterocycles. The van der Waals surface area contributed by atoms with E-state index < -0.39 is 0 Å². The number of aryl methyl sites for hydroxylation is 1. The van der Waals surface area contributed by atoms with Gasteiger partial charge in [-0.1, -0.05) is 30.4 Å². The van der Waals surface area contributed by atoms with Gasteiger partial charge in [0.25, 0.3) is 0 Å². The molecule has 1 saturated carbocycles. The molecule has 1 heterocycles. The van der Waals surface area contributed by atoms with Gasteiger partial charge in [-0.2, -0.15) is 5.10 Å². The Kier molecular flexibility index (Phi) is 3.73. The molecule has 2 aliphatic carbocycles. The second-order valence-electron chi connectivity index (χ2n) is 6.85.